The van der Waals surface area contributed by atoms with Crippen LogP contribution >= 0.6 is 0 Å². The summed E-state index contributed by atoms with van der Waals surface area (Å²) in [5.41, 5.74) is 0.772. The number of hydrogen-bond acceptors (Lipinski definition) is 4. The Morgan fingerprint density at radius 2 is 1.90 bits per heavy atom. The Hall–Kier alpha value is -2.43. The number of hydrogen-bond donors (Lipinski definition) is 1. The molecule has 1 aromatic carbocycles. The predicted octanol–water partition coefficient (Wildman–Crippen LogP) is 1.80. The van der Waals surface area contributed by atoms with Gasteiger partial charge in [-0.2, -0.15) is 18.4 Å². The van der Waals surface area contributed by atoms with Gasteiger partial charge >= 0.3 is 12.1 Å². The maximum absolute atomic E-state index is 12.0. The zero-order valence-electron chi connectivity index (χ0n) is 11.4. The van der Waals surface area contributed by atoms with E-state index in [9.17, 15) is 18.0 Å². The highest BCUT2D eigenvalue weighted by atomic mass is 19.4. The smallest absolute Gasteiger partial charge is 0.471 e. The van der Waals surface area contributed by atoms with E-state index in [4.69, 9.17) is 14.7 Å². The van der Waals surface area contributed by atoms with Gasteiger partial charge in [-0.3, -0.25) is 4.79 Å². The lowest BCUT2D eigenvalue weighted by Crippen LogP contribution is -2.37. The number of nitrogens with one attached hydrogen (secondary N) is 1. The third-order valence-corrected chi connectivity index (χ3v) is 2.66. The first-order valence-electron chi connectivity index (χ1n) is 5.83. The molecule has 114 valence electrons. The van der Waals surface area contributed by atoms with Crippen molar-refractivity contribution < 1.29 is 27.4 Å². The number of amides is 1. The average Bonchev–Trinajstić information content (AvgIpc) is 2.45. The van der Waals surface area contributed by atoms with Crippen molar-refractivity contribution in [2.75, 3.05) is 20.8 Å². The topological polar surface area (TPSA) is 71.3 Å². The van der Waals surface area contributed by atoms with Crippen LogP contribution in [0.25, 0.3) is 0 Å². The highest BCUT2D eigenvalue weighted by Gasteiger charge is 2.38. The number of rotatable bonds is 5. The van der Waals surface area contributed by atoms with E-state index in [1.165, 1.54) is 26.4 Å². The normalized spacial score (nSPS) is 10.7. The summed E-state index contributed by atoms with van der Waals surface area (Å²) in [5.74, 6) is -1.37. The summed E-state index contributed by atoms with van der Waals surface area (Å²) in [5, 5.41) is 10.7. The standard InChI is InChI=1S/C13H13F3N2O3/c1-20-10-6-9(7-17)11(21-2)5-8(10)3-4-18-12(19)13(14,15)16/h5-6H,3-4H2,1-2H3,(H,18,19). The largest absolute Gasteiger partial charge is 0.496 e. The minimum absolute atomic E-state index is 0.104. The van der Waals surface area contributed by atoms with Crippen molar-refractivity contribution >= 4 is 5.91 Å². The first kappa shape index (κ1) is 16.6. The van der Waals surface area contributed by atoms with E-state index >= 15 is 0 Å². The Morgan fingerprint density at radius 3 is 2.38 bits per heavy atom. The maximum Gasteiger partial charge on any atom is 0.471 e. The van der Waals surface area contributed by atoms with Crippen LogP contribution in [0.5, 0.6) is 11.5 Å². The summed E-state index contributed by atoms with van der Waals surface area (Å²) in [6.45, 7) is -0.218. The SMILES string of the molecule is COc1cc(CCNC(=O)C(F)(F)F)c(OC)cc1C#N. The lowest BCUT2D eigenvalue weighted by atomic mass is 10.1. The van der Waals surface area contributed by atoms with Gasteiger partial charge in [-0.25, -0.2) is 0 Å². The molecule has 1 rings (SSSR count). The Kier molecular flexibility index (Phi) is 5.41. The van der Waals surface area contributed by atoms with E-state index < -0.39 is 12.1 Å². The summed E-state index contributed by atoms with van der Waals surface area (Å²) in [4.78, 5) is 10.7. The fourth-order valence-corrected chi connectivity index (χ4v) is 1.65. The van der Waals surface area contributed by atoms with Crippen molar-refractivity contribution in [2.45, 2.75) is 12.6 Å². The number of alkyl halides is 3. The van der Waals surface area contributed by atoms with Gasteiger partial charge in [0.15, 0.2) is 0 Å². The number of methoxy groups -OCH3 is 2. The number of ether oxygens (including phenoxy) is 2. The van der Waals surface area contributed by atoms with Crippen molar-refractivity contribution in [3.05, 3.63) is 23.3 Å². The Morgan fingerprint density at radius 1 is 1.29 bits per heavy atom. The molecule has 0 heterocycles. The molecule has 5 nitrogen and oxygen atoms in total. The number of halogens is 3. The molecule has 21 heavy (non-hydrogen) atoms. The second-order valence-corrected chi connectivity index (χ2v) is 3.98. The number of nitrogens with zero attached hydrogens (tertiary/aromatic N) is 1. The first-order valence-corrected chi connectivity index (χ1v) is 5.83. The zero-order valence-corrected chi connectivity index (χ0v) is 11.4. The Labute approximate surface area is 119 Å². The van der Waals surface area contributed by atoms with Gasteiger partial charge < -0.3 is 14.8 Å². The molecule has 1 N–H and O–H groups in total. The van der Waals surface area contributed by atoms with Crippen molar-refractivity contribution in [2.24, 2.45) is 0 Å². The Bertz CT molecular complexity index is 565. The summed E-state index contributed by atoms with van der Waals surface area (Å²) in [7, 11) is 2.75. The molecule has 0 aliphatic heterocycles. The molecule has 0 saturated carbocycles. The van der Waals surface area contributed by atoms with Crippen molar-refractivity contribution in [3.63, 3.8) is 0 Å². The van der Waals surface area contributed by atoms with Crippen LogP contribution in [0.15, 0.2) is 12.1 Å². The molecule has 0 aliphatic carbocycles. The fourth-order valence-electron chi connectivity index (χ4n) is 1.65. The molecular formula is C13H13F3N2O3. The van der Waals surface area contributed by atoms with E-state index in [0.29, 0.717) is 11.3 Å². The summed E-state index contributed by atoms with van der Waals surface area (Å²) < 4.78 is 46.2. The van der Waals surface area contributed by atoms with E-state index in [2.05, 4.69) is 0 Å². The van der Waals surface area contributed by atoms with Gasteiger partial charge in [0, 0.05) is 12.6 Å². The molecule has 0 fully saturated rings. The second kappa shape index (κ2) is 6.83. The summed E-state index contributed by atoms with van der Waals surface area (Å²) >= 11 is 0. The van der Waals surface area contributed by atoms with E-state index in [0.717, 1.165) is 0 Å². The van der Waals surface area contributed by atoms with Gasteiger partial charge in [-0.15, -0.1) is 0 Å². The maximum atomic E-state index is 12.0. The number of carbonyl (C=O) groups is 1. The van der Waals surface area contributed by atoms with E-state index in [1.807, 2.05) is 6.07 Å². The minimum atomic E-state index is -4.91. The molecule has 0 atom stereocenters. The second-order valence-electron chi connectivity index (χ2n) is 3.98. The highest BCUT2D eigenvalue weighted by molar-refractivity contribution is 5.81. The lowest BCUT2D eigenvalue weighted by Gasteiger charge is -2.13. The zero-order chi connectivity index (χ0) is 16.0. The molecule has 0 radical (unpaired) electrons. The van der Waals surface area contributed by atoms with Gasteiger partial charge in [0.05, 0.1) is 19.8 Å². The van der Waals surface area contributed by atoms with Crippen LogP contribution in [0.2, 0.25) is 0 Å². The van der Waals surface area contributed by atoms with Crippen LogP contribution in [0.3, 0.4) is 0 Å². The van der Waals surface area contributed by atoms with Gasteiger partial charge in [0.1, 0.15) is 17.6 Å². The van der Waals surface area contributed by atoms with Gasteiger partial charge in [0.25, 0.3) is 0 Å². The number of nitriles is 1. The van der Waals surface area contributed by atoms with Gasteiger partial charge in [-0.1, -0.05) is 0 Å². The molecule has 0 aliphatic rings. The monoisotopic (exact) mass is 302 g/mol. The minimum Gasteiger partial charge on any atom is -0.496 e. The first-order chi connectivity index (χ1) is 9.83. The summed E-state index contributed by atoms with van der Waals surface area (Å²) in [6, 6.07) is 4.85. The molecule has 0 unspecified atom stereocenters. The number of benzene rings is 1. The predicted molar refractivity (Wildman–Crippen MR) is 67.0 cm³/mol. The third kappa shape index (κ3) is 4.27. The third-order valence-electron chi connectivity index (χ3n) is 2.66. The van der Waals surface area contributed by atoms with Crippen molar-refractivity contribution in [1.82, 2.24) is 5.32 Å². The van der Waals surface area contributed by atoms with Crippen LogP contribution in [0, 0.1) is 11.3 Å². The quantitative estimate of drug-likeness (QED) is 0.900. The van der Waals surface area contributed by atoms with Crippen LogP contribution in [0.1, 0.15) is 11.1 Å². The van der Waals surface area contributed by atoms with Crippen LogP contribution in [0.4, 0.5) is 13.2 Å². The average molecular weight is 302 g/mol. The number of carbonyl (C=O) groups excluding carboxylic acids is 1. The molecule has 1 aromatic rings. The van der Waals surface area contributed by atoms with Crippen LogP contribution in [-0.4, -0.2) is 32.8 Å². The highest BCUT2D eigenvalue weighted by Crippen LogP contribution is 2.28. The fraction of sp³-hybridized carbons (Fsp3) is 0.385. The van der Waals surface area contributed by atoms with E-state index in [1.54, 1.807) is 5.32 Å². The van der Waals surface area contributed by atoms with Crippen LogP contribution < -0.4 is 14.8 Å². The molecule has 8 heteroatoms. The Balaban J connectivity index is 2.84. The molecule has 0 spiro atoms. The van der Waals surface area contributed by atoms with E-state index in [-0.39, 0.29) is 24.3 Å². The molecule has 0 bridgehead atoms. The van der Waals surface area contributed by atoms with Crippen molar-refractivity contribution in [3.8, 4) is 17.6 Å². The van der Waals surface area contributed by atoms with Gasteiger partial charge in [0.2, 0.25) is 0 Å². The van der Waals surface area contributed by atoms with Crippen LogP contribution in [-0.2, 0) is 11.2 Å². The molecule has 0 aromatic heterocycles. The molecule has 1 amide bonds. The molecular weight excluding hydrogens is 289 g/mol. The lowest BCUT2D eigenvalue weighted by molar-refractivity contribution is -0.173. The summed E-state index contributed by atoms with van der Waals surface area (Å²) in [6.07, 6.45) is -4.81. The van der Waals surface area contributed by atoms with Crippen molar-refractivity contribution in [1.29, 1.82) is 5.26 Å². The molecule has 0 saturated heterocycles. The van der Waals surface area contributed by atoms with Gasteiger partial charge in [-0.05, 0) is 18.1 Å².